The third kappa shape index (κ3) is 4.39. The maximum Gasteiger partial charge on any atom is 0.308 e. The molecular formula is C28H42O11. The molecule has 39 heavy (non-hydrogen) atoms. The van der Waals surface area contributed by atoms with Crippen molar-refractivity contribution < 1.29 is 53.0 Å². The van der Waals surface area contributed by atoms with Gasteiger partial charge in [-0.25, -0.2) is 0 Å². The molecule has 12 atom stereocenters. The van der Waals surface area contributed by atoms with Gasteiger partial charge in [0.25, 0.3) is 0 Å². The second-order valence-electron chi connectivity index (χ2n) is 12.8. The van der Waals surface area contributed by atoms with E-state index in [1.54, 1.807) is 13.8 Å². The second kappa shape index (κ2) is 9.94. The fourth-order valence-corrected chi connectivity index (χ4v) is 8.19. The van der Waals surface area contributed by atoms with Gasteiger partial charge in [0.15, 0.2) is 18.7 Å². The lowest BCUT2D eigenvalue weighted by Crippen LogP contribution is -2.74. The minimum absolute atomic E-state index is 0.0301. The first-order valence-electron chi connectivity index (χ1n) is 14.1. The van der Waals surface area contributed by atoms with Crippen molar-refractivity contribution in [3.05, 3.63) is 0 Å². The van der Waals surface area contributed by atoms with Crippen molar-refractivity contribution in [2.24, 2.45) is 34.5 Å². The van der Waals surface area contributed by atoms with E-state index in [-0.39, 0.29) is 37.6 Å². The topological polar surface area (TPSA) is 150 Å². The third-order valence-electron chi connectivity index (χ3n) is 10.3. The van der Waals surface area contributed by atoms with Crippen LogP contribution in [0.25, 0.3) is 0 Å². The van der Waals surface area contributed by atoms with Crippen LogP contribution in [0, 0.1) is 34.5 Å². The maximum absolute atomic E-state index is 12.8. The van der Waals surface area contributed by atoms with Crippen molar-refractivity contribution in [1.82, 2.24) is 0 Å². The molecule has 0 aromatic rings. The highest BCUT2D eigenvalue weighted by Gasteiger charge is 2.81. The molecule has 0 bridgehead atoms. The summed E-state index contributed by atoms with van der Waals surface area (Å²) in [5, 5.41) is 21.5. The van der Waals surface area contributed by atoms with E-state index in [0.717, 1.165) is 0 Å². The number of carbonyl (C=O) groups is 3. The van der Waals surface area contributed by atoms with Crippen LogP contribution in [0.4, 0.5) is 0 Å². The van der Waals surface area contributed by atoms with Gasteiger partial charge in [-0.2, -0.15) is 0 Å². The van der Waals surface area contributed by atoms with E-state index in [9.17, 15) is 24.6 Å². The molecule has 2 aliphatic carbocycles. The molecule has 11 nitrogen and oxygen atoms in total. The molecule has 0 radical (unpaired) electrons. The molecule has 5 fully saturated rings. The summed E-state index contributed by atoms with van der Waals surface area (Å²) in [6.07, 6.45) is -2.75. The molecule has 3 heterocycles. The summed E-state index contributed by atoms with van der Waals surface area (Å²) in [5.41, 5.74) is -2.94. The van der Waals surface area contributed by atoms with E-state index in [4.69, 9.17) is 28.4 Å². The molecular weight excluding hydrogens is 512 g/mol. The summed E-state index contributed by atoms with van der Waals surface area (Å²) in [6, 6.07) is 0. The Morgan fingerprint density at radius 2 is 1.69 bits per heavy atom. The van der Waals surface area contributed by atoms with Crippen molar-refractivity contribution >= 4 is 17.9 Å². The summed E-state index contributed by atoms with van der Waals surface area (Å²) in [7, 11) is 0. The number of fused-ring (bicyclic) bond motifs is 3. The molecule has 0 aromatic heterocycles. The summed E-state index contributed by atoms with van der Waals surface area (Å²) in [6.45, 7) is 10.3. The van der Waals surface area contributed by atoms with E-state index >= 15 is 0 Å². The number of esters is 3. The van der Waals surface area contributed by atoms with Crippen LogP contribution in [0.2, 0.25) is 0 Å². The van der Waals surface area contributed by atoms with Crippen molar-refractivity contribution in [3.8, 4) is 0 Å². The van der Waals surface area contributed by atoms with Crippen LogP contribution in [-0.2, 0) is 42.8 Å². The van der Waals surface area contributed by atoms with Gasteiger partial charge in [0.2, 0.25) is 0 Å². The van der Waals surface area contributed by atoms with Crippen molar-refractivity contribution in [2.75, 3.05) is 13.2 Å². The van der Waals surface area contributed by atoms with Crippen LogP contribution < -0.4 is 0 Å². The first kappa shape index (κ1) is 28.7. The van der Waals surface area contributed by atoms with E-state index in [1.807, 2.05) is 0 Å². The Morgan fingerprint density at radius 3 is 2.26 bits per heavy atom. The number of carbonyl (C=O) groups excluding carboxylic acids is 3. The van der Waals surface area contributed by atoms with Crippen molar-refractivity contribution in [2.45, 2.75) is 110 Å². The minimum atomic E-state index is -1.22. The van der Waals surface area contributed by atoms with Gasteiger partial charge in [-0.3, -0.25) is 14.4 Å². The Hall–Kier alpha value is -1.79. The Kier molecular flexibility index (Phi) is 7.32. The fraction of sp³-hybridized carbons (Fsp3) is 0.893. The summed E-state index contributed by atoms with van der Waals surface area (Å²) < 4.78 is 35.8. The Bertz CT molecular complexity index is 980. The lowest BCUT2D eigenvalue weighted by Gasteiger charge is -2.65. The molecule has 0 aromatic carbocycles. The summed E-state index contributed by atoms with van der Waals surface area (Å²) in [4.78, 5) is 37.4. The van der Waals surface area contributed by atoms with Crippen LogP contribution in [0.5, 0.6) is 0 Å². The van der Waals surface area contributed by atoms with Crippen molar-refractivity contribution in [1.29, 1.82) is 0 Å². The lowest BCUT2D eigenvalue weighted by atomic mass is 9.41. The normalized spacial score (nSPS) is 48.4. The average Bonchev–Trinajstić information content (AvgIpc) is 3.41. The minimum Gasteiger partial charge on any atom is -0.465 e. The number of hydrogen-bond donors (Lipinski definition) is 2. The Labute approximate surface area is 228 Å². The van der Waals surface area contributed by atoms with E-state index in [0.29, 0.717) is 19.3 Å². The van der Waals surface area contributed by atoms with Crippen molar-refractivity contribution in [3.63, 3.8) is 0 Å². The van der Waals surface area contributed by atoms with Gasteiger partial charge in [0.1, 0.15) is 18.3 Å². The number of hydrogen-bond acceptors (Lipinski definition) is 11. The SMILES string of the molecule is CC(=O)OCC12C(OC(C)=O)CC(C)C(C)(C3CC4CC(O)OC4O3)C1CC(O)C(OC(=O)C(C)C)C21CO1. The van der Waals surface area contributed by atoms with Gasteiger partial charge in [-0.1, -0.05) is 27.7 Å². The van der Waals surface area contributed by atoms with Crippen LogP contribution in [0.3, 0.4) is 0 Å². The molecule has 3 aliphatic heterocycles. The first-order valence-corrected chi connectivity index (χ1v) is 14.1. The van der Waals surface area contributed by atoms with Gasteiger partial charge in [0.05, 0.1) is 30.1 Å². The quantitative estimate of drug-likeness (QED) is 0.280. The standard InChI is InChI=1S/C28H42O11/c1-13(2)24(33)39-23-18(31)10-19-26(6,20-8-17-9-22(32)38-25(17)37-20)14(3)7-21(36-16(5)30)27(19,11-34-15(4)29)28(23)12-35-28/h13-14,17-23,25,31-32H,7-12H2,1-6H3. The molecule has 2 N–H and O–H groups in total. The van der Waals surface area contributed by atoms with Crippen LogP contribution in [0.15, 0.2) is 0 Å². The average molecular weight is 555 g/mol. The lowest BCUT2D eigenvalue weighted by molar-refractivity contribution is -0.288. The predicted octanol–water partition coefficient (Wildman–Crippen LogP) is 1.70. The fourth-order valence-electron chi connectivity index (χ4n) is 8.19. The number of ether oxygens (including phenoxy) is 6. The zero-order valence-corrected chi connectivity index (χ0v) is 23.6. The highest BCUT2D eigenvalue weighted by Crippen LogP contribution is 2.70. The van der Waals surface area contributed by atoms with Gasteiger partial charge >= 0.3 is 17.9 Å². The number of aliphatic hydroxyl groups excluding tert-OH is 2. The van der Waals surface area contributed by atoms with E-state index in [1.165, 1.54) is 13.8 Å². The largest absolute Gasteiger partial charge is 0.465 e. The molecule has 12 unspecified atom stereocenters. The van der Waals surface area contributed by atoms with E-state index in [2.05, 4.69) is 13.8 Å². The van der Waals surface area contributed by atoms with Crippen LogP contribution in [0.1, 0.15) is 67.2 Å². The first-order chi connectivity index (χ1) is 18.3. The molecule has 11 heteroatoms. The number of rotatable bonds is 6. The predicted molar refractivity (Wildman–Crippen MR) is 132 cm³/mol. The van der Waals surface area contributed by atoms with Gasteiger partial charge < -0.3 is 38.6 Å². The highest BCUT2D eigenvalue weighted by molar-refractivity contribution is 5.72. The second-order valence-corrected chi connectivity index (χ2v) is 12.8. The monoisotopic (exact) mass is 554 g/mol. The highest BCUT2D eigenvalue weighted by atomic mass is 16.7. The zero-order valence-electron chi connectivity index (χ0n) is 23.6. The Morgan fingerprint density at radius 1 is 1.00 bits per heavy atom. The molecule has 0 amide bonds. The number of epoxide rings is 1. The van der Waals surface area contributed by atoms with Gasteiger partial charge in [0, 0.05) is 31.6 Å². The maximum atomic E-state index is 12.8. The summed E-state index contributed by atoms with van der Waals surface area (Å²) >= 11 is 0. The molecule has 1 spiro atoms. The molecule has 220 valence electrons. The smallest absolute Gasteiger partial charge is 0.308 e. The Balaban J connectivity index is 1.62. The van der Waals surface area contributed by atoms with Gasteiger partial charge in [-0.05, 0) is 31.1 Å². The van der Waals surface area contributed by atoms with E-state index < -0.39 is 77.1 Å². The van der Waals surface area contributed by atoms with Crippen LogP contribution >= 0.6 is 0 Å². The molecule has 5 aliphatic rings. The van der Waals surface area contributed by atoms with Crippen LogP contribution in [-0.4, -0.2) is 83.9 Å². The summed E-state index contributed by atoms with van der Waals surface area (Å²) in [5.74, 6) is -2.31. The molecule has 2 saturated carbocycles. The third-order valence-corrected chi connectivity index (χ3v) is 10.3. The van der Waals surface area contributed by atoms with Gasteiger partial charge in [-0.15, -0.1) is 0 Å². The molecule has 5 rings (SSSR count). The zero-order chi connectivity index (χ0) is 28.5. The molecule has 3 saturated heterocycles. The number of aliphatic hydroxyl groups is 2.